The zero-order valence-electron chi connectivity index (χ0n) is 12.0. The summed E-state index contributed by atoms with van der Waals surface area (Å²) in [6.45, 7) is 0. The van der Waals surface area contributed by atoms with E-state index in [-0.39, 0.29) is 23.6 Å². The Morgan fingerprint density at radius 1 is 1.33 bits per heavy atom. The summed E-state index contributed by atoms with van der Waals surface area (Å²) in [5.41, 5.74) is -2.92. The number of halogens is 3. The van der Waals surface area contributed by atoms with Gasteiger partial charge in [-0.25, -0.2) is 13.2 Å². The molecule has 2 N–H and O–H groups in total. The number of hydrogen-bond donors (Lipinski definition) is 2. The van der Waals surface area contributed by atoms with Gasteiger partial charge in [-0.3, -0.25) is 10.1 Å². The van der Waals surface area contributed by atoms with Crippen LogP contribution in [0.25, 0.3) is 0 Å². The summed E-state index contributed by atoms with van der Waals surface area (Å²) in [5.74, 6) is -0.317. The lowest BCUT2D eigenvalue weighted by Crippen LogP contribution is -2.38. The van der Waals surface area contributed by atoms with Gasteiger partial charge < -0.3 is 10.6 Å². The maximum absolute atomic E-state index is 12.8. The molecule has 1 aromatic carbocycles. The monoisotopic (exact) mass is 367 g/mol. The van der Waals surface area contributed by atoms with Gasteiger partial charge in [0.05, 0.1) is 16.4 Å². The van der Waals surface area contributed by atoms with Crippen LogP contribution < -0.4 is 10.6 Å². The first-order valence-corrected chi connectivity index (χ1v) is 8.44. The average Bonchev–Trinajstić information content (AvgIpc) is 2.76. The number of amides is 2. The van der Waals surface area contributed by atoms with Crippen molar-refractivity contribution >= 4 is 27.2 Å². The van der Waals surface area contributed by atoms with Crippen molar-refractivity contribution in [1.29, 1.82) is 0 Å². The third kappa shape index (κ3) is 4.34. The highest BCUT2D eigenvalue weighted by Gasteiger charge is 2.38. The molecule has 1 aliphatic heterocycles. The van der Waals surface area contributed by atoms with Gasteiger partial charge in [0.25, 0.3) is 5.69 Å². The van der Waals surface area contributed by atoms with Crippen LogP contribution >= 0.6 is 0 Å². The first-order valence-electron chi connectivity index (χ1n) is 6.61. The van der Waals surface area contributed by atoms with Crippen LogP contribution in [-0.2, 0) is 16.0 Å². The van der Waals surface area contributed by atoms with Crippen LogP contribution in [-0.4, -0.2) is 36.9 Å². The molecule has 1 aromatic rings. The van der Waals surface area contributed by atoms with Gasteiger partial charge in [0.1, 0.15) is 5.56 Å². The molecule has 0 spiro atoms. The van der Waals surface area contributed by atoms with Crippen LogP contribution in [0.3, 0.4) is 0 Å². The van der Waals surface area contributed by atoms with Gasteiger partial charge in [0.2, 0.25) is 0 Å². The number of rotatable bonds is 3. The third-order valence-electron chi connectivity index (χ3n) is 3.32. The number of alkyl halides is 3. The molecule has 0 radical (unpaired) electrons. The lowest BCUT2D eigenvalue weighted by Gasteiger charge is -2.13. The van der Waals surface area contributed by atoms with E-state index in [1.807, 2.05) is 0 Å². The van der Waals surface area contributed by atoms with E-state index >= 15 is 0 Å². The molecule has 0 aliphatic carbocycles. The van der Waals surface area contributed by atoms with Crippen molar-refractivity contribution < 1.29 is 31.3 Å². The van der Waals surface area contributed by atoms with E-state index in [0.29, 0.717) is 12.1 Å². The van der Waals surface area contributed by atoms with Gasteiger partial charge >= 0.3 is 12.2 Å². The molecule has 2 rings (SSSR count). The molecule has 12 heteroatoms. The van der Waals surface area contributed by atoms with E-state index in [0.717, 1.165) is 6.07 Å². The topological polar surface area (TPSA) is 118 Å². The van der Waals surface area contributed by atoms with Crippen LogP contribution in [0.15, 0.2) is 18.2 Å². The summed E-state index contributed by atoms with van der Waals surface area (Å²) in [6.07, 6.45) is -4.75. The molecule has 0 bridgehead atoms. The van der Waals surface area contributed by atoms with Gasteiger partial charge in [-0.05, 0) is 18.6 Å². The largest absolute Gasteiger partial charge is 0.423 e. The molecular weight excluding hydrogens is 355 g/mol. The van der Waals surface area contributed by atoms with Gasteiger partial charge in [-0.15, -0.1) is 0 Å². The van der Waals surface area contributed by atoms with E-state index in [9.17, 15) is 36.5 Å². The van der Waals surface area contributed by atoms with Crippen molar-refractivity contribution in [3.8, 4) is 0 Å². The maximum Gasteiger partial charge on any atom is 0.423 e. The van der Waals surface area contributed by atoms with E-state index in [1.165, 1.54) is 0 Å². The van der Waals surface area contributed by atoms with Crippen LogP contribution in [0.2, 0.25) is 0 Å². The second-order valence-electron chi connectivity index (χ2n) is 5.19. The number of hydrogen-bond acceptors (Lipinski definition) is 5. The number of nitro benzene ring substituents is 1. The minimum Gasteiger partial charge on any atom is -0.334 e. The lowest BCUT2D eigenvalue weighted by molar-refractivity contribution is -0.388. The van der Waals surface area contributed by atoms with Crippen molar-refractivity contribution in [1.82, 2.24) is 5.32 Å². The highest BCUT2D eigenvalue weighted by atomic mass is 32.2. The molecule has 0 unspecified atom stereocenters. The zero-order chi connectivity index (χ0) is 18.1. The smallest absolute Gasteiger partial charge is 0.334 e. The second-order valence-corrected chi connectivity index (χ2v) is 7.41. The van der Waals surface area contributed by atoms with E-state index in [1.54, 1.807) is 0 Å². The first-order chi connectivity index (χ1) is 11.0. The summed E-state index contributed by atoms with van der Waals surface area (Å²) in [7, 11) is -3.22. The Morgan fingerprint density at radius 3 is 2.50 bits per heavy atom. The number of nitrogens with zero attached hydrogens (tertiary/aromatic N) is 1. The highest BCUT2D eigenvalue weighted by molar-refractivity contribution is 7.91. The minimum atomic E-state index is -4.96. The molecule has 132 valence electrons. The van der Waals surface area contributed by atoms with Crippen molar-refractivity contribution in [2.24, 2.45) is 0 Å². The fourth-order valence-corrected chi connectivity index (χ4v) is 3.93. The van der Waals surface area contributed by atoms with Crippen LogP contribution in [0.5, 0.6) is 0 Å². The van der Waals surface area contributed by atoms with Crippen molar-refractivity contribution in [3.63, 3.8) is 0 Å². The standard InChI is InChI=1S/C12H12F3N3O5S/c13-12(14,15)9-5-7(1-2-10(9)18(20)21)16-11(19)17-8-3-4-24(22,23)6-8/h1-2,5,8H,3-4,6H2,(H2,16,17,19)/t8-/m1/s1. The summed E-state index contributed by atoms with van der Waals surface area (Å²) < 4.78 is 61.1. The van der Waals surface area contributed by atoms with Crippen molar-refractivity contribution in [3.05, 3.63) is 33.9 Å². The number of benzene rings is 1. The fourth-order valence-electron chi connectivity index (χ4n) is 2.26. The molecule has 1 saturated heterocycles. The predicted octanol–water partition coefficient (Wildman–Crippen LogP) is 1.92. The fraction of sp³-hybridized carbons (Fsp3) is 0.417. The number of anilines is 1. The Balaban J connectivity index is 2.12. The molecule has 24 heavy (non-hydrogen) atoms. The van der Waals surface area contributed by atoms with Crippen LogP contribution in [0.1, 0.15) is 12.0 Å². The SMILES string of the molecule is O=C(Nc1ccc([N+](=O)[O-])c(C(F)(F)F)c1)N[C@@H]1CCS(=O)(=O)C1. The Morgan fingerprint density at radius 2 is 2.00 bits per heavy atom. The number of carbonyl (C=O) groups is 1. The number of sulfone groups is 1. The maximum atomic E-state index is 12.8. The Labute approximate surface area is 134 Å². The van der Waals surface area contributed by atoms with Gasteiger partial charge in [0, 0.05) is 17.8 Å². The van der Waals surface area contributed by atoms with Crippen molar-refractivity contribution in [2.45, 2.75) is 18.6 Å². The van der Waals surface area contributed by atoms with Gasteiger partial charge in [-0.1, -0.05) is 0 Å². The van der Waals surface area contributed by atoms with E-state index < -0.39 is 44.3 Å². The lowest BCUT2D eigenvalue weighted by atomic mass is 10.1. The first kappa shape index (κ1) is 18.0. The Hall–Kier alpha value is -2.37. The highest BCUT2D eigenvalue weighted by Crippen LogP contribution is 2.37. The Kier molecular flexibility index (Phi) is 4.69. The van der Waals surface area contributed by atoms with Crippen LogP contribution in [0, 0.1) is 10.1 Å². The summed E-state index contributed by atoms with van der Waals surface area (Å²) in [6, 6.07) is 0.522. The molecule has 8 nitrogen and oxygen atoms in total. The average molecular weight is 367 g/mol. The molecule has 1 atom stereocenters. The Bertz CT molecular complexity index is 779. The summed E-state index contributed by atoms with van der Waals surface area (Å²) in [4.78, 5) is 21.2. The number of nitro groups is 1. The quantitative estimate of drug-likeness (QED) is 0.625. The molecular formula is C12H12F3N3O5S. The molecule has 0 saturated carbocycles. The predicted molar refractivity (Wildman–Crippen MR) is 77.3 cm³/mol. The minimum absolute atomic E-state index is 0.0757. The molecule has 0 aromatic heterocycles. The molecule has 1 heterocycles. The second kappa shape index (κ2) is 6.26. The van der Waals surface area contributed by atoms with Gasteiger partial charge in [-0.2, -0.15) is 13.2 Å². The van der Waals surface area contributed by atoms with E-state index in [4.69, 9.17) is 0 Å². The molecule has 1 aliphatic rings. The zero-order valence-corrected chi connectivity index (χ0v) is 12.8. The third-order valence-corrected chi connectivity index (χ3v) is 5.09. The van der Waals surface area contributed by atoms with Crippen LogP contribution in [0.4, 0.5) is 29.3 Å². The van der Waals surface area contributed by atoms with Crippen molar-refractivity contribution in [2.75, 3.05) is 16.8 Å². The van der Waals surface area contributed by atoms with Gasteiger partial charge in [0.15, 0.2) is 9.84 Å². The summed E-state index contributed by atoms with van der Waals surface area (Å²) >= 11 is 0. The van der Waals surface area contributed by atoms with E-state index in [2.05, 4.69) is 10.6 Å². The molecule has 1 fully saturated rings. The number of urea groups is 1. The summed E-state index contributed by atoms with van der Waals surface area (Å²) in [5, 5.41) is 15.1. The number of carbonyl (C=O) groups excluding carboxylic acids is 1. The normalized spacial score (nSPS) is 19.7. The molecule has 2 amide bonds. The number of nitrogens with one attached hydrogen (secondary N) is 2.